The highest BCUT2D eigenvalue weighted by molar-refractivity contribution is 9.10. The van der Waals surface area contributed by atoms with E-state index in [1.165, 1.54) is 0 Å². The summed E-state index contributed by atoms with van der Waals surface area (Å²) in [5, 5.41) is 14.9. The van der Waals surface area contributed by atoms with E-state index >= 15 is 0 Å². The molecule has 1 fully saturated rings. The number of carbonyl (C=O) groups is 3. The summed E-state index contributed by atoms with van der Waals surface area (Å²) in [5.41, 5.74) is 0.400. The van der Waals surface area contributed by atoms with Gasteiger partial charge in [0, 0.05) is 6.54 Å². The van der Waals surface area contributed by atoms with Crippen LogP contribution in [0.2, 0.25) is 5.02 Å². The Morgan fingerprint density at radius 1 is 1.22 bits per heavy atom. The number of H-pyrrole nitrogens is 1. The van der Waals surface area contributed by atoms with Crippen LogP contribution in [0.25, 0.3) is 0 Å². The van der Waals surface area contributed by atoms with Crippen molar-refractivity contribution in [2.45, 2.75) is 25.3 Å². The molecule has 4 N–H and O–H groups in total. The van der Waals surface area contributed by atoms with Crippen molar-refractivity contribution in [2.24, 2.45) is 0 Å². The zero-order valence-electron chi connectivity index (χ0n) is 14.1. The van der Waals surface area contributed by atoms with E-state index in [-0.39, 0.29) is 27.5 Å². The molecular weight excluding hydrogens is 438 g/mol. The fourth-order valence-corrected chi connectivity index (χ4v) is 3.37. The number of aromatic amines is 1. The van der Waals surface area contributed by atoms with E-state index in [1.807, 2.05) is 0 Å². The molecule has 1 saturated heterocycles. The summed E-state index contributed by atoms with van der Waals surface area (Å²) in [7, 11) is 0. The van der Waals surface area contributed by atoms with Crippen LogP contribution in [0.4, 0.5) is 5.82 Å². The minimum atomic E-state index is -0.601. The van der Waals surface area contributed by atoms with Gasteiger partial charge < -0.3 is 16.0 Å². The maximum Gasteiger partial charge on any atom is 0.271 e. The molecule has 1 atom stereocenters. The van der Waals surface area contributed by atoms with Crippen molar-refractivity contribution < 1.29 is 14.4 Å². The van der Waals surface area contributed by atoms with Gasteiger partial charge in [0.05, 0.1) is 15.1 Å². The van der Waals surface area contributed by atoms with Gasteiger partial charge in [-0.25, -0.2) is 0 Å². The molecule has 3 amide bonds. The number of amides is 3. The molecule has 10 heteroatoms. The van der Waals surface area contributed by atoms with Crippen LogP contribution in [0.5, 0.6) is 0 Å². The van der Waals surface area contributed by atoms with Crippen molar-refractivity contribution in [2.75, 3.05) is 11.9 Å². The molecule has 2 aromatic rings. The van der Waals surface area contributed by atoms with Crippen molar-refractivity contribution in [3.8, 4) is 0 Å². The highest BCUT2D eigenvalue weighted by Crippen LogP contribution is 2.25. The lowest BCUT2D eigenvalue weighted by molar-refractivity contribution is -0.122. The largest absolute Gasteiger partial charge is 0.354 e. The third kappa shape index (κ3) is 4.48. The first-order chi connectivity index (χ1) is 13.0. The quantitative estimate of drug-likeness (QED) is 0.568. The second kappa shape index (κ2) is 8.53. The second-order valence-electron chi connectivity index (χ2n) is 6.01. The van der Waals surface area contributed by atoms with Crippen molar-refractivity contribution in [1.82, 2.24) is 20.8 Å². The summed E-state index contributed by atoms with van der Waals surface area (Å²) in [4.78, 5) is 36.8. The highest BCUT2D eigenvalue weighted by Gasteiger charge is 2.26. The van der Waals surface area contributed by atoms with Crippen LogP contribution in [0.15, 0.2) is 28.7 Å². The van der Waals surface area contributed by atoms with Crippen LogP contribution >= 0.6 is 27.5 Å². The molecule has 0 radical (unpaired) electrons. The fraction of sp³-hybridized carbons (Fsp3) is 0.294. The topological polar surface area (TPSA) is 116 Å². The zero-order valence-corrected chi connectivity index (χ0v) is 16.5. The summed E-state index contributed by atoms with van der Waals surface area (Å²) < 4.78 is 0.287. The Morgan fingerprint density at radius 3 is 2.78 bits per heavy atom. The SMILES string of the molecule is O=C(Nc1n[nH]c(C(=O)N[C@@H]2CCCCNC2=O)c1Br)c1ccccc1Cl. The third-order valence-corrected chi connectivity index (χ3v) is 5.23. The van der Waals surface area contributed by atoms with Gasteiger partial charge >= 0.3 is 0 Å². The smallest absolute Gasteiger partial charge is 0.271 e. The summed E-state index contributed by atoms with van der Waals surface area (Å²) in [6.07, 6.45) is 2.29. The Kier molecular flexibility index (Phi) is 6.12. The molecule has 0 saturated carbocycles. The first kappa shape index (κ1) is 19.4. The molecular formula is C17H17BrClN5O3. The molecule has 0 bridgehead atoms. The molecule has 2 heterocycles. The van der Waals surface area contributed by atoms with Crippen LogP contribution in [0.3, 0.4) is 0 Å². The lowest BCUT2D eigenvalue weighted by Crippen LogP contribution is -2.45. The summed E-state index contributed by atoms with van der Waals surface area (Å²) >= 11 is 9.28. The summed E-state index contributed by atoms with van der Waals surface area (Å²) in [6, 6.07) is 5.99. The lowest BCUT2D eigenvalue weighted by Gasteiger charge is -2.14. The number of aromatic nitrogens is 2. The van der Waals surface area contributed by atoms with Gasteiger partial charge in [0.2, 0.25) is 5.91 Å². The third-order valence-electron chi connectivity index (χ3n) is 4.13. The summed E-state index contributed by atoms with van der Waals surface area (Å²) in [5.74, 6) is -1.00. The molecule has 1 aliphatic rings. The van der Waals surface area contributed by atoms with Gasteiger partial charge in [0.1, 0.15) is 11.7 Å². The molecule has 0 spiro atoms. The van der Waals surface area contributed by atoms with E-state index in [2.05, 4.69) is 42.1 Å². The average molecular weight is 455 g/mol. The monoisotopic (exact) mass is 453 g/mol. The number of benzene rings is 1. The fourth-order valence-electron chi connectivity index (χ4n) is 2.69. The molecule has 3 rings (SSSR count). The van der Waals surface area contributed by atoms with Crippen LogP contribution in [-0.2, 0) is 4.79 Å². The van der Waals surface area contributed by atoms with Crippen molar-refractivity contribution in [3.05, 3.63) is 45.0 Å². The Balaban J connectivity index is 1.71. The predicted molar refractivity (Wildman–Crippen MR) is 104 cm³/mol. The van der Waals surface area contributed by atoms with Gasteiger partial charge in [0.25, 0.3) is 11.8 Å². The summed E-state index contributed by atoms with van der Waals surface area (Å²) in [6.45, 7) is 0.608. The number of hydrogen-bond donors (Lipinski definition) is 4. The van der Waals surface area contributed by atoms with Crippen LogP contribution < -0.4 is 16.0 Å². The second-order valence-corrected chi connectivity index (χ2v) is 7.21. The molecule has 1 aliphatic heterocycles. The molecule has 8 nitrogen and oxygen atoms in total. The number of carbonyl (C=O) groups excluding carboxylic acids is 3. The molecule has 142 valence electrons. The average Bonchev–Trinajstić information content (AvgIpc) is 2.88. The Hall–Kier alpha value is -2.39. The van der Waals surface area contributed by atoms with Crippen LogP contribution in [-0.4, -0.2) is 40.5 Å². The predicted octanol–water partition coefficient (Wildman–Crippen LogP) is 2.48. The zero-order chi connectivity index (χ0) is 19.4. The van der Waals surface area contributed by atoms with E-state index in [1.54, 1.807) is 24.3 Å². The number of anilines is 1. The minimum Gasteiger partial charge on any atom is -0.354 e. The van der Waals surface area contributed by atoms with E-state index in [0.717, 1.165) is 12.8 Å². The number of hydrogen-bond acceptors (Lipinski definition) is 4. The molecule has 0 aliphatic carbocycles. The lowest BCUT2D eigenvalue weighted by atomic mass is 10.1. The van der Waals surface area contributed by atoms with Gasteiger partial charge in [-0.2, -0.15) is 5.10 Å². The normalized spacial score (nSPS) is 17.0. The van der Waals surface area contributed by atoms with Gasteiger partial charge in [-0.15, -0.1) is 0 Å². The molecule has 0 unspecified atom stereocenters. The highest BCUT2D eigenvalue weighted by atomic mass is 79.9. The van der Waals surface area contributed by atoms with Crippen LogP contribution in [0, 0.1) is 0 Å². The van der Waals surface area contributed by atoms with E-state index in [9.17, 15) is 14.4 Å². The number of nitrogens with zero attached hydrogens (tertiary/aromatic N) is 1. The maximum absolute atomic E-state index is 12.5. The maximum atomic E-state index is 12.5. The Morgan fingerprint density at radius 2 is 2.00 bits per heavy atom. The first-order valence-electron chi connectivity index (χ1n) is 8.35. The van der Waals surface area contributed by atoms with Crippen molar-refractivity contribution >= 4 is 51.1 Å². The first-order valence-corrected chi connectivity index (χ1v) is 9.53. The standard InChI is InChI=1S/C17H17BrClN5O3/c18-12-13(17(27)21-11-7-3-4-8-20-16(11)26)23-24-14(12)22-15(25)9-5-1-2-6-10(9)19/h1-2,5-6,11H,3-4,7-8H2,(H,20,26)(H,21,27)(H2,22,23,24,25)/t11-/m1/s1. The van der Waals surface area contributed by atoms with Gasteiger partial charge in [-0.3, -0.25) is 19.5 Å². The van der Waals surface area contributed by atoms with Gasteiger partial charge in [-0.05, 0) is 47.3 Å². The van der Waals surface area contributed by atoms with Gasteiger partial charge in [0.15, 0.2) is 5.82 Å². The minimum absolute atomic E-state index is 0.113. The Bertz CT molecular complexity index is 885. The van der Waals surface area contributed by atoms with Crippen molar-refractivity contribution in [3.63, 3.8) is 0 Å². The van der Waals surface area contributed by atoms with Gasteiger partial charge in [-0.1, -0.05) is 23.7 Å². The molecule has 1 aromatic carbocycles. The molecule has 1 aromatic heterocycles. The number of nitrogens with one attached hydrogen (secondary N) is 4. The number of halogens is 2. The number of rotatable bonds is 4. The van der Waals surface area contributed by atoms with E-state index in [4.69, 9.17) is 11.6 Å². The van der Waals surface area contributed by atoms with E-state index in [0.29, 0.717) is 18.0 Å². The van der Waals surface area contributed by atoms with Crippen LogP contribution in [0.1, 0.15) is 40.1 Å². The molecule has 27 heavy (non-hydrogen) atoms. The van der Waals surface area contributed by atoms with Crippen molar-refractivity contribution in [1.29, 1.82) is 0 Å². The Labute approximate surface area is 168 Å². The van der Waals surface area contributed by atoms with E-state index < -0.39 is 17.9 Å².